The molecule has 0 aliphatic rings. The van der Waals surface area contributed by atoms with Gasteiger partial charge in [0.1, 0.15) is 10.8 Å². The molecule has 0 spiro atoms. The van der Waals surface area contributed by atoms with Gasteiger partial charge in [0.15, 0.2) is 0 Å². The molecule has 0 fully saturated rings. The molecule has 5 heteroatoms. The first-order chi connectivity index (χ1) is 15.6. The van der Waals surface area contributed by atoms with Crippen LogP contribution >= 0.6 is 11.3 Å². The van der Waals surface area contributed by atoms with Crippen molar-refractivity contribution >= 4 is 17.2 Å². The van der Waals surface area contributed by atoms with Crippen LogP contribution in [0.2, 0.25) is 0 Å². The molecule has 0 saturated carbocycles. The predicted octanol–water partition coefficient (Wildman–Crippen LogP) is 6.18. The SMILES string of the molecule is Cc1ccc(OCCC(=O)NCc2ccc(-c3nc(-c4ccc(C)cc4)cs3)cc2)cc1. The Balaban J connectivity index is 1.26. The lowest BCUT2D eigenvalue weighted by Crippen LogP contribution is -2.24. The van der Waals surface area contributed by atoms with E-state index in [4.69, 9.17) is 9.72 Å². The number of aryl methyl sites for hydroxylation is 2. The summed E-state index contributed by atoms with van der Waals surface area (Å²) in [4.78, 5) is 16.9. The van der Waals surface area contributed by atoms with E-state index in [0.717, 1.165) is 33.1 Å². The van der Waals surface area contributed by atoms with Crippen LogP contribution in [0.5, 0.6) is 5.75 Å². The number of aromatic nitrogens is 1. The highest BCUT2D eigenvalue weighted by molar-refractivity contribution is 7.13. The lowest BCUT2D eigenvalue weighted by Gasteiger charge is -2.08. The lowest BCUT2D eigenvalue weighted by atomic mass is 10.1. The minimum Gasteiger partial charge on any atom is -0.493 e. The highest BCUT2D eigenvalue weighted by Gasteiger charge is 2.08. The zero-order valence-corrected chi connectivity index (χ0v) is 19.1. The third-order valence-corrected chi connectivity index (χ3v) is 6.05. The van der Waals surface area contributed by atoms with E-state index in [2.05, 4.69) is 54.0 Å². The van der Waals surface area contributed by atoms with Crippen molar-refractivity contribution in [2.24, 2.45) is 0 Å². The number of benzene rings is 3. The van der Waals surface area contributed by atoms with Gasteiger partial charge in [-0.15, -0.1) is 11.3 Å². The van der Waals surface area contributed by atoms with Gasteiger partial charge in [-0.2, -0.15) is 0 Å². The number of ether oxygens (including phenoxy) is 1. The molecule has 4 nitrogen and oxygen atoms in total. The summed E-state index contributed by atoms with van der Waals surface area (Å²) in [5.74, 6) is 0.760. The third kappa shape index (κ3) is 5.83. The van der Waals surface area contributed by atoms with E-state index in [0.29, 0.717) is 19.6 Å². The Morgan fingerprint density at radius 3 is 2.19 bits per heavy atom. The van der Waals surface area contributed by atoms with Gasteiger partial charge < -0.3 is 10.1 Å². The maximum atomic E-state index is 12.1. The van der Waals surface area contributed by atoms with Crippen molar-refractivity contribution in [3.05, 3.63) is 94.9 Å². The van der Waals surface area contributed by atoms with Gasteiger partial charge in [0, 0.05) is 23.1 Å². The van der Waals surface area contributed by atoms with E-state index in [-0.39, 0.29) is 5.91 Å². The number of nitrogens with one attached hydrogen (secondary N) is 1. The van der Waals surface area contributed by atoms with Crippen molar-refractivity contribution in [1.29, 1.82) is 0 Å². The van der Waals surface area contributed by atoms with Crippen molar-refractivity contribution in [3.63, 3.8) is 0 Å². The predicted molar refractivity (Wildman–Crippen MR) is 131 cm³/mol. The van der Waals surface area contributed by atoms with Crippen molar-refractivity contribution in [1.82, 2.24) is 10.3 Å². The van der Waals surface area contributed by atoms with Crippen LogP contribution in [0, 0.1) is 13.8 Å². The van der Waals surface area contributed by atoms with E-state index in [1.807, 2.05) is 43.3 Å². The first-order valence-electron chi connectivity index (χ1n) is 10.6. The minimum absolute atomic E-state index is 0.0242. The molecule has 0 aliphatic heterocycles. The Morgan fingerprint density at radius 1 is 0.875 bits per heavy atom. The number of hydrogen-bond donors (Lipinski definition) is 1. The van der Waals surface area contributed by atoms with Gasteiger partial charge in [-0.05, 0) is 31.5 Å². The minimum atomic E-state index is -0.0242. The van der Waals surface area contributed by atoms with Crippen LogP contribution in [-0.4, -0.2) is 17.5 Å². The van der Waals surface area contributed by atoms with Gasteiger partial charge in [-0.1, -0.05) is 71.8 Å². The summed E-state index contributed by atoms with van der Waals surface area (Å²) in [5, 5.41) is 6.03. The van der Waals surface area contributed by atoms with Crippen molar-refractivity contribution in [3.8, 4) is 27.6 Å². The summed E-state index contributed by atoms with van der Waals surface area (Å²) in [6.45, 7) is 4.97. The number of amides is 1. The quantitative estimate of drug-likeness (QED) is 0.354. The van der Waals surface area contributed by atoms with Gasteiger partial charge in [0.2, 0.25) is 5.91 Å². The number of carbonyl (C=O) groups excluding carboxylic acids is 1. The summed E-state index contributed by atoms with van der Waals surface area (Å²) in [6, 6.07) is 24.4. The van der Waals surface area contributed by atoms with E-state index in [1.54, 1.807) is 11.3 Å². The molecule has 0 saturated heterocycles. The molecule has 32 heavy (non-hydrogen) atoms. The second-order valence-electron chi connectivity index (χ2n) is 7.79. The first kappa shape index (κ1) is 21.8. The maximum absolute atomic E-state index is 12.1. The van der Waals surface area contributed by atoms with Crippen LogP contribution in [0.4, 0.5) is 0 Å². The van der Waals surface area contributed by atoms with Crippen LogP contribution in [0.25, 0.3) is 21.8 Å². The van der Waals surface area contributed by atoms with E-state index < -0.39 is 0 Å². The highest BCUT2D eigenvalue weighted by atomic mass is 32.1. The molecule has 0 bridgehead atoms. The Hall–Kier alpha value is -3.44. The van der Waals surface area contributed by atoms with Crippen LogP contribution < -0.4 is 10.1 Å². The molecule has 0 radical (unpaired) electrons. The van der Waals surface area contributed by atoms with E-state index in [9.17, 15) is 4.79 Å². The number of nitrogens with zero attached hydrogens (tertiary/aromatic N) is 1. The molecule has 1 heterocycles. The standard InChI is InChI=1S/C27H26N2O2S/c1-19-3-9-22(10-4-19)25-18-32-27(29-25)23-11-7-21(8-12-23)17-28-26(30)15-16-31-24-13-5-20(2)6-14-24/h3-14,18H,15-17H2,1-2H3,(H,28,30). The fourth-order valence-corrected chi connectivity index (χ4v) is 4.05. The second-order valence-corrected chi connectivity index (χ2v) is 8.65. The second kappa shape index (κ2) is 10.2. The number of thiazole rings is 1. The molecule has 1 N–H and O–H groups in total. The molecule has 1 amide bonds. The Labute approximate surface area is 192 Å². The van der Waals surface area contributed by atoms with E-state index >= 15 is 0 Å². The molecule has 1 aromatic heterocycles. The average Bonchev–Trinajstić information content (AvgIpc) is 3.30. The summed E-state index contributed by atoms with van der Waals surface area (Å²) < 4.78 is 5.62. The Bertz CT molecular complexity index is 1160. The molecule has 4 aromatic rings. The van der Waals surface area contributed by atoms with E-state index in [1.165, 1.54) is 11.1 Å². The van der Waals surface area contributed by atoms with Gasteiger partial charge >= 0.3 is 0 Å². The maximum Gasteiger partial charge on any atom is 0.223 e. The first-order valence-corrected chi connectivity index (χ1v) is 11.5. The normalized spacial score (nSPS) is 10.7. The van der Waals surface area contributed by atoms with Gasteiger partial charge in [0.05, 0.1) is 18.7 Å². The fraction of sp³-hybridized carbons (Fsp3) is 0.185. The molecule has 3 aromatic carbocycles. The van der Waals surface area contributed by atoms with Crippen molar-refractivity contribution in [2.45, 2.75) is 26.8 Å². The Morgan fingerprint density at radius 2 is 1.50 bits per heavy atom. The smallest absolute Gasteiger partial charge is 0.223 e. The zero-order valence-electron chi connectivity index (χ0n) is 18.3. The summed E-state index contributed by atoms with van der Waals surface area (Å²) >= 11 is 1.64. The Kier molecular flexibility index (Phi) is 6.97. The van der Waals surface area contributed by atoms with Crippen LogP contribution in [0.3, 0.4) is 0 Å². The van der Waals surface area contributed by atoms with Gasteiger partial charge in [-0.3, -0.25) is 4.79 Å². The molecule has 0 unspecified atom stereocenters. The van der Waals surface area contributed by atoms with Crippen LogP contribution in [-0.2, 0) is 11.3 Å². The average molecular weight is 443 g/mol. The zero-order chi connectivity index (χ0) is 22.3. The third-order valence-electron chi connectivity index (χ3n) is 5.16. The fourth-order valence-electron chi connectivity index (χ4n) is 3.21. The van der Waals surface area contributed by atoms with Crippen molar-refractivity contribution < 1.29 is 9.53 Å². The topological polar surface area (TPSA) is 51.2 Å². The summed E-state index contributed by atoms with van der Waals surface area (Å²) in [5.41, 5.74) is 6.68. The number of hydrogen-bond acceptors (Lipinski definition) is 4. The largest absolute Gasteiger partial charge is 0.493 e. The van der Waals surface area contributed by atoms with Crippen LogP contribution in [0.1, 0.15) is 23.1 Å². The molecule has 0 atom stereocenters. The summed E-state index contributed by atoms with van der Waals surface area (Å²) in [7, 11) is 0. The number of carbonyl (C=O) groups is 1. The number of rotatable bonds is 8. The van der Waals surface area contributed by atoms with Gasteiger partial charge in [0.25, 0.3) is 0 Å². The molecular formula is C27H26N2O2S. The highest BCUT2D eigenvalue weighted by Crippen LogP contribution is 2.29. The monoisotopic (exact) mass is 442 g/mol. The summed E-state index contributed by atoms with van der Waals surface area (Å²) in [6.07, 6.45) is 0.326. The van der Waals surface area contributed by atoms with Crippen molar-refractivity contribution in [2.75, 3.05) is 6.61 Å². The molecule has 0 aliphatic carbocycles. The van der Waals surface area contributed by atoms with Gasteiger partial charge in [-0.25, -0.2) is 4.98 Å². The lowest BCUT2D eigenvalue weighted by molar-refractivity contribution is -0.121. The molecular weight excluding hydrogens is 416 g/mol. The molecule has 162 valence electrons. The van der Waals surface area contributed by atoms with Crippen LogP contribution in [0.15, 0.2) is 78.2 Å². The molecule has 4 rings (SSSR count).